The molecule has 5 nitrogen and oxygen atoms in total. The normalized spacial score (nSPS) is 15.5. The zero-order valence-corrected chi connectivity index (χ0v) is 11.5. The molecule has 1 aromatic rings. The number of hydrogen-bond donors (Lipinski definition) is 1. The Morgan fingerprint density at radius 1 is 1.45 bits per heavy atom. The minimum Gasteiger partial charge on any atom is -0.503 e. The highest BCUT2D eigenvalue weighted by atomic mass is 16.5. The van der Waals surface area contributed by atoms with E-state index in [2.05, 4.69) is 0 Å². The molecule has 0 saturated heterocycles. The number of rotatable bonds is 4. The molecule has 0 unspecified atom stereocenters. The highest BCUT2D eigenvalue weighted by Gasteiger charge is 2.30. The van der Waals surface area contributed by atoms with Gasteiger partial charge in [0, 0.05) is 30.3 Å². The molecule has 1 aliphatic rings. The molecule has 0 radical (unpaired) electrons. The van der Waals surface area contributed by atoms with Gasteiger partial charge >= 0.3 is 0 Å². The molecule has 2 rings (SSSR count). The van der Waals surface area contributed by atoms with Crippen molar-refractivity contribution in [2.45, 2.75) is 19.8 Å². The van der Waals surface area contributed by atoms with Crippen molar-refractivity contribution in [2.24, 2.45) is 0 Å². The molecule has 1 heterocycles. The van der Waals surface area contributed by atoms with E-state index < -0.39 is 11.7 Å². The van der Waals surface area contributed by atoms with Crippen LogP contribution in [0.5, 0.6) is 5.75 Å². The van der Waals surface area contributed by atoms with Gasteiger partial charge in [0.05, 0.1) is 7.11 Å². The number of ketones is 1. The van der Waals surface area contributed by atoms with Crippen molar-refractivity contribution >= 4 is 17.4 Å². The first-order chi connectivity index (χ1) is 9.58. The molecule has 0 atom stereocenters. The number of benzene rings is 1. The summed E-state index contributed by atoms with van der Waals surface area (Å²) in [5, 5.41) is 9.93. The van der Waals surface area contributed by atoms with Gasteiger partial charge in [-0.1, -0.05) is 13.0 Å². The van der Waals surface area contributed by atoms with Crippen LogP contribution in [0.15, 0.2) is 35.6 Å². The number of carbonyl (C=O) groups excluding carboxylic acids is 2. The quantitative estimate of drug-likeness (QED) is 0.915. The number of nitrogens with zero attached hydrogens (tertiary/aromatic N) is 1. The predicted molar refractivity (Wildman–Crippen MR) is 74.9 cm³/mol. The number of aliphatic hydroxyl groups is 1. The lowest BCUT2D eigenvalue weighted by atomic mass is 9.99. The van der Waals surface area contributed by atoms with Crippen molar-refractivity contribution in [3.63, 3.8) is 0 Å². The Morgan fingerprint density at radius 3 is 2.85 bits per heavy atom. The van der Waals surface area contributed by atoms with Crippen LogP contribution in [0.1, 0.15) is 19.8 Å². The summed E-state index contributed by atoms with van der Waals surface area (Å²) >= 11 is 0. The molecule has 20 heavy (non-hydrogen) atoms. The maximum atomic E-state index is 12.2. The van der Waals surface area contributed by atoms with E-state index in [0.29, 0.717) is 24.4 Å². The topological polar surface area (TPSA) is 66.8 Å². The molecule has 5 heteroatoms. The summed E-state index contributed by atoms with van der Waals surface area (Å²) in [4.78, 5) is 25.3. The summed E-state index contributed by atoms with van der Waals surface area (Å²) in [5.41, 5.74) is 0.876. The Kier molecular flexibility index (Phi) is 4.08. The fourth-order valence-electron chi connectivity index (χ4n) is 2.21. The van der Waals surface area contributed by atoms with Crippen LogP contribution in [0.2, 0.25) is 0 Å². The highest BCUT2D eigenvalue weighted by molar-refractivity contribution is 6.11. The zero-order chi connectivity index (χ0) is 14.7. The molecule has 1 aliphatic heterocycles. The average molecular weight is 275 g/mol. The summed E-state index contributed by atoms with van der Waals surface area (Å²) < 4.78 is 5.12. The number of Topliss-reactive ketones (excluding diaryl/α,β-unsaturated/α-hetero) is 1. The SMILES string of the molecule is CCC(=O)C1=C(O)C(=O)N(c2cccc(OC)c2)CC1. The lowest BCUT2D eigenvalue weighted by Gasteiger charge is -2.27. The van der Waals surface area contributed by atoms with Crippen LogP contribution in [0.3, 0.4) is 0 Å². The second-order valence-electron chi connectivity index (χ2n) is 4.51. The van der Waals surface area contributed by atoms with E-state index in [1.807, 2.05) is 0 Å². The van der Waals surface area contributed by atoms with E-state index in [4.69, 9.17) is 4.74 Å². The third-order valence-corrected chi connectivity index (χ3v) is 3.34. The maximum absolute atomic E-state index is 12.2. The van der Waals surface area contributed by atoms with Gasteiger partial charge in [-0.25, -0.2) is 0 Å². The van der Waals surface area contributed by atoms with Crippen molar-refractivity contribution in [1.82, 2.24) is 0 Å². The summed E-state index contributed by atoms with van der Waals surface area (Å²) in [7, 11) is 1.55. The van der Waals surface area contributed by atoms with Crippen molar-refractivity contribution in [1.29, 1.82) is 0 Å². The smallest absolute Gasteiger partial charge is 0.293 e. The standard InChI is InChI=1S/C15H17NO4/c1-3-13(17)12-7-8-16(15(19)14(12)18)10-5-4-6-11(9-10)20-2/h4-6,9,18H,3,7-8H2,1-2H3. The first-order valence-corrected chi connectivity index (χ1v) is 6.49. The number of methoxy groups -OCH3 is 1. The number of carbonyl (C=O) groups is 2. The number of amides is 1. The first kappa shape index (κ1) is 14.1. The molecule has 0 bridgehead atoms. The first-order valence-electron chi connectivity index (χ1n) is 6.49. The number of ether oxygens (including phenoxy) is 1. The average Bonchev–Trinajstić information content (AvgIpc) is 2.49. The lowest BCUT2D eigenvalue weighted by Crippen LogP contribution is -2.38. The molecule has 1 aromatic carbocycles. The third kappa shape index (κ3) is 2.52. The van der Waals surface area contributed by atoms with E-state index in [9.17, 15) is 14.7 Å². The van der Waals surface area contributed by atoms with E-state index in [1.54, 1.807) is 38.3 Å². The molecule has 0 saturated carbocycles. The summed E-state index contributed by atoms with van der Waals surface area (Å²) in [6, 6.07) is 7.03. The second-order valence-corrected chi connectivity index (χ2v) is 4.51. The molecule has 1 N–H and O–H groups in total. The van der Waals surface area contributed by atoms with Crippen LogP contribution in [-0.4, -0.2) is 30.5 Å². The minimum atomic E-state index is -0.540. The maximum Gasteiger partial charge on any atom is 0.293 e. The van der Waals surface area contributed by atoms with Crippen LogP contribution < -0.4 is 9.64 Å². The van der Waals surface area contributed by atoms with Gasteiger partial charge in [-0.2, -0.15) is 0 Å². The van der Waals surface area contributed by atoms with Gasteiger partial charge in [-0.05, 0) is 18.6 Å². The molecule has 106 valence electrons. The monoisotopic (exact) mass is 275 g/mol. The second kappa shape index (κ2) is 5.77. The summed E-state index contributed by atoms with van der Waals surface area (Å²) in [5.74, 6) is -0.525. The van der Waals surface area contributed by atoms with Gasteiger partial charge in [0.2, 0.25) is 0 Å². The van der Waals surface area contributed by atoms with Gasteiger partial charge < -0.3 is 14.7 Å². The number of aliphatic hydroxyl groups excluding tert-OH is 1. The fourth-order valence-corrected chi connectivity index (χ4v) is 2.21. The Bertz CT molecular complexity index is 577. The van der Waals surface area contributed by atoms with Gasteiger partial charge in [-0.3, -0.25) is 9.59 Å². The van der Waals surface area contributed by atoms with Crippen molar-refractivity contribution < 1.29 is 19.4 Å². The third-order valence-electron chi connectivity index (χ3n) is 3.34. The molecular weight excluding hydrogens is 258 g/mol. The Labute approximate surface area is 117 Å². The van der Waals surface area contributed by atoms with E-state index >= 15 is 0 Å². The van der Waals surface area contributed by atoms with E-state index in [-0.39, 0.29) is 17.8 Å². The fraction of sp³-hybridized carbons (Fsp3) is 0.333. The van der Waals surface area contributed by atoms with Gasteiger partial charge in [0.15, 0.2) is 11.5 Å². The largest absolute Gasteiger partial charge is 0.503 e. The Morgan fingerprint density at radius 2 is 2.20 bits per heavy atom. The zero-order valence-electron chi connectivity index (χ0n) is 11.5. The van der Waals surface area contributed by atoms with Crippen LogP contribution in [0.4, 0.5) is 5.69 Å². The number of hydrogen-bond acceptors (Lipinski definition) is 4. The predicted octanol–water partition coefficient (Wildman–Crippen LogP) is 2.22. The van der Waals surface area contributed by atoms with Crippen molar-refractivity contribution in [3.05, 3.63) is 35.6 Å². The van der Waals surface area contributed by atoms with Gasteiger partial charge in [0.25, 0.3) is 5.91 Å². The van der Waals surface area contributed by atoms with E-state index in [0.717, 1.165) is 0 Å². The molecule has 0 aromatic heterocycles. The van der Waals surface area contributed by atoms with Crippen molar-refractivity contribution in [3.8, 4) is 5.75 Å². The molecule has 0 fully saturated rings. The van der Waals surface area contributed by atoms with Gasteiger partial charge in [-0.15, -0.1) is 0 Å². The highest BCUT2D eigenvalue weighted by Crippen LogP contribution is 2.27. The van der Waals surface area contributed by atoms with Crippen LogP contribution in [0, 0.1) is 0 Å². The molecule has 0 spiro atoms. The van der Waals surface area contributed by atoms with Crippen LogP contribution in [0.25, 0.3) is 0 Å². The Balaban J connectivity index is 2.31. The van der Waals surface area contributed by atoms with Crippen LogP contribution >= 0.6 is 0 Å². The van der Waals surface area contributed by atoms with Crippen molar-refractivity contribution in [2.75, 3.05) is 18.6 Å². The van der Waals surface area contributed by atoms with Crippen LogP contribution in [-0.2, 0) is 9.59 Å². The minimum absolute atomic E-state index is 0.179. The summed E-state index contributed by atoms with van der Waals surface area (Å²) in [6.45, 7) is 2.08. The number of anilines is 1. The molecular formula is C15H17NO4. The lowest BCUT2D eigenvalue weighted by molar-refractivity contribution is -0.120. The molecule has 0 aliphatic carbocycles. The van der Waals surface area contributed by atoms with Gasteiger partial charge in [0.1, 0.15) is 5.75 Å². The summed E-state index contributed by atoms with van der Waals surface area (Å²) in [6.07, 6.45) is 0.646. The van der Waals surface area contributed by atoms with E-state index in [1.165, 1.54) is 4.90 Å². The molecule has 1 amide bonds. The Hall–Kier alpha value is -2.30.